The van der Waals surface area contributed by atoms with Crippen LogP contribution < -0.4 is 10.1 Å². The van der Waals surface area contributed by atoms with Gasteiger partial charge in [-0.25, -0.2) is 4.79 Å². The number of terminal acetylenes is 1. The molecule has 1 aliphatic heterocycles. The van der Waals surface area contributed by atoms with Crippen molar-refractivity contribution in [2.45, 2.75) is 18.9 Å². The average Bonchev–Trinajstić information content (AvgIpc) is 2.45. The molecule has 4 nitrogen and oxygen atoms in total. The van der Waals surface area contributed by atoms with Crippen LogP contribution >= 0.6 is 0 Å². The summed E-state index contributed by atoms with van der Waals surface area (Å²) in [6.07, 6.45) is 5.81. The van der Waals surface area contributed by atoms with Crippen molar-refractivity contribution in [3.05, 3.63) is 29.8 Å². The highest BCUT2D eigenvalue weighted by molar-refractivity contribution is 5.84. The van der Waals surface area contributed by atoms with Gasteiger partial charge in [0.2, 0.25) is 0 Å². The number of nitrogens with one attached hydrogen (secondary N) is 1. The van der Waals surface area contributed by atoms with Gasteiger partial charge in [-0.05, 0) is 13.0 Å². The second kappa shape index (κ2) is 5.77. The second-order valence-electron chi connectivity index (χ2n) is 4.28. The summed E-state index contributed by atoms with van der Waals surface area (Å²) in [5.41, 5.74) is -0.119. The molecule has 1 aromatic rings. The first kappa shape index (κ1) is 13.4. The Morgan fingerprint density at radius 2 is 2.37 bits per heavy atom. The van der Waals surface area contributed by atoms with Crippen LogP contribution in [0.2, 0.25) is 0 Å². The molecule has 0 saturated carbocycles. The number of benzene rings is 1. The van der Waals surface area contributed by atoms with Gasteiger partial charge in [-0.15, -0.1) is 6.42 Å². The van der Waals surface area contributed by atoms with Gasteiger partial charge < -0.3 is 9.47 Å². The van der Waals surface area contributed by atoms with Crippen molar-refractivity contribution in [3.63, 3.8) is 0 Å². The standard InChI is InChI=1S/C15H17NO3/c1-3-10-16-15(14(17)18-4-2)9-11-19-13-8-6-5-7-12(13)15/h1,5-8,16H,4,9-11H2,2H3. The molecule has 1 N–H and O–H groups in total. The van der Waals surface area contributed by atoms with Crippen LogP contribution in [0.15, 0.2) is 24.3 Å². The Labute approximate surface area is 113 Å². The van der Waals surface area contributed by atoms with Crippen molar-refractivity contribution in [2.24, 2.45) is 0 Å². The molecule has 0 aromatic heterocycles. The molecule has 1 unspecified atom stereocenters. The molecular weight excluding hydrogens is 242 g/mol. The summed E-state index contributed by atoms with van der Waals surface area (Å²) in [4.78, 5) is 12.4. The van der Waals surface area contributed by atoms with Crippen molar-refractivity contribution in [3.8, 4) is 18.1 Å². The van der Waals surface area contributed by atoms with Gasteiger partial charge in [-0.3, -0.25) is 5.32 Å². The highest BCUT2D eigenvalue weighted by atomic mass is 16.5. The smallest absolute Gasteiger partial charge is 0.331 e. The Morgan fingerprint density at radius 3 is 3.11 bits per heavy atom. The van der Waals surface area contributed by atoms with Crippen molar-refractivity contribution in [1.82, 2.24) is 5.32 Å². The maximum Gasteiger partial charge on any atom is 0.331 e. The number of para-hydroxylation sites is 1. The highest BCUT2D eigenvalue weighted by Gasteiger charge is 2.45. The summed E-state index contributed by atoms with van der Waals surface area (Å²) >= 11 is 0. The summed E-state index contributed by atoms with van der Waals surface area (Å²) in [7, 11) is 0. The molecular formula is C15H17NO3. The molecule has 1 aromatic carbocycles. The zero-order valence-electron chi connectivity index (χ0n) is 10.9. The number of carbonyl (C=O) groups excluding carboxylic acids is 1. The number of hydrogen-bond acceptors (Lipinski definition) is 4. The molecule has 4 heteroatoms. The first-order chi connectivity index (χ1) is 9.24. The number of esters is 1. The lowest BCUT2D eigenvalue weighted by atomic mass is 9.84. The molecule has 0 amide bonds. The van der Waals surface area contributed by atoms with Gasteiger partial charge in [0.1, 0.15) is 11.3 Å². The van der Waals surface area contributed by atoms with E-state index in [1.807, 2.05) is 24.3 Å². The molecule has 0 radical (unpaired) electrons. The van der Waals surface area contributed by atoms with E-state index in [0.29, 0.717) is 31.9 Å². The van der Waals surface area contributed by atoms with E-state index in [4.69, 9.17) is 15.9 Å². The minimum Gasteiger partial charge on any atom is -0.493 e. The Morgan fingerprint density at radius 1 is 1.58 bits per heavy atom. The number of fused-ring (bicyclic) bond motifs is 1. The molecule has 1 aliphatic rings. The van der Waals surface area contributed by atoms with E-state index >= 15 is 0 Å². The van der Waals surface area contributed by atoms with E-state index in [-0.39, 0.29) is 5.97 Å². The third kappa shape index (κ3) is 2.42. The van der Waals surface area contributed by atoms with Crippen LogP contribution in [-0.4, -0.2) is 25.7 Å². The zero-order chi connectivity index (χ0) is 13.7. The Balaban J connectivity index is 2.44. The molecule has 0 fully saturated rings. The predicted molar refractivity (Wildman–Crippen MR) is 71.7 cm³/mol. The van der Waals surface area contributed by atoms with Crippen LogP contribution in [0.25, 0.3) is 0 Å². The van der Waals surface area contributed by atoms with Crippen LogP contribution in [0.4, 0.5) is 0 Å². The predicted octanol–water partition coefficient (Wildman–Crippen LogP) is 1.45. The first-order valence-corrected chi connectivity index (χ1v) is 6.32. The molecule has 0 aliphatic carbocycles. The summed E-state index contributed by atoms with van der Waals surface area (Å²) in [5, 5.41) is 3.13. The highest BCUT2D eigenvalue weighted by Crippen LogP contribution is 2.37. The van der Waals surface area contributed by atoms with Gasteiger partial charge >= 0.3 is 5.97 Å². The van der Waals surface area contributed by atoms with Crippen molar-refractivity contribution >= 4 is 5.97 Å². The van der Waals surface area contributed by atoms with Gasteiger partial charge in [-0.1, -0.05) is 24.1 Å². The van der Waals surface area contributed by atoms with E-state index in [1.54, 1.807) is 6.92 Å². The minimum atomic E-state index is -0.906. The molecule has 100 valence electrons. The van der Waals surface area contributed by atoms with Gasteiger partial charge in [0.15, 0.2) is 0 Å². The fourth-order valence-electron chi connectivity index (χ4n) is 2.32. The summed E-state index contributed by atoms with van der Waals surface area (Å²) < 4.78 is 10.8. The molecule has 1 heterocycles. The van der Waals surface area contributed by atoms with Gasteiger partial charge in [0.25, 0.3) is 0 Å². The first-order valence-electron chi connectivity index (χ1n) is 6.32. The van der Waals surface area contributed by atoms with E-state index in [9.17, 15) is 4.79 Å². The second-order valence-corrected chi connectivity index (χ2v) is 4.28. The SMILES string of the molecule is C#CCNC1(C(=O)OCC)CCOc2ccccc21. The van der Waals surface area contributed by atoms with Crippen molar-refractivity contribution in [1.29, 1.82) is 0 Å². The molecule has 0 bridgehead atoms. The zero-order valence-corrected chi connectivity index (χ0v) is 10.9. The molecule has 1 atom stereocenters. The van der Waals surface area contributed by atoms with Crippen LogP contribution in [0.5, 0.6) is 5.75 Å². The Bertz CT molecular complexity index is 506. The average molecular weight is 259 g/mol. The van der Waals surface area contributed by atoms with E-state index < -0.39 is 5.54 Å². The maximum absolute atomic E-state index is 12.4. The summed E-state index contributed by atoms with van der Waals surface area (Å²) in [6.45, 7) is 2.87. The van der Waals surface area contributed by atoms with Crippen molar-refractivity contribution < 1.29 is 14.3 Å². The molecule has 19 heavy (non-hydrogen) atoms. The topological polar surface area (TPSA) is 47.6 Å². The quantitative estimate of drug-likeness (QED) is 0.657. The van der Waals surface area contributed by atoms with Crippen LogP contribution in [-0.2, 0) is 15.1 Å². The Kier molecular flexibility index (Phi) is 4.08. The number of carbonyl (C=O) groups is 1. The van der Waals surface area contributed by atoms with Gasteiger partial charge in [0, 0.05) is 12.0 Å². The lowest BCUT2D eigenvalue weighted by molar-refractivity contribution is -0.153. The number of hydrogen-bond donors (Lipinski definition) is 1. The lowest BCUT2D eigenvalue weighted by Gasteiger charge is -2.36. The Hall–Kier alpha value is -1.99. The van der Waals surface area contributed by atoms with Crippen LogP contribution in [0.1, 0.15) is 18.9 Å². The summed E-state index contributed by atoms with van der Waals surface area (Å²) in [6, 6.07) is 7.47. The monoisotopic (exact) mass is 259 g/mol. The fraction of sp³-hybridized carbons (Fsp3) is 0.400. The normalized spacial score (nSPS) is 20.8. The third-order valence-electron chi connectivity index (χ3n) is 3.20. The van der Waals surface area contributed by atoms with E-state index in [1.165, 1.54) is 0 Å². The molecule has 0 saturated heterocycles. The van der Waals surface area contributed by atoms with E-state index in [0.717, 1.165) is 5.56 Å². The third-order valence-corrected chi connectivity index (χ3v) is 3.20. The fourth-order valence-corrected chi connectivity index (χ4v) is 2.32. The number of rotatable bonds is 4. The summed E-state index contributed by atoms with van der Waals surface area (Å²) in [5.74, 6) is 2.90. The molecule has 2 rings (SSSR count). The molecule has 0 spiro atoms. The van der Waals surface area contributed by atoms with Crippen molar-refractivity contribution in [2.75, 3.05) is 19.8 Å². The number of ether oxygens (including phenoxy) is 2. The van der Waals surface area contributed by atoms with E-state index in [2.05, 4.69) is 11.2 Å². The minimum absolute atomic E-state index is 0.299. The van der Waals surface area contributed by atoms with Gasteiger partial charge in [0.05, 0.1) is 19.8 Å². The van der Waals surface area contributed by atoms with Crippen LogP contribution in [0, 0.1) is 12.3 Å². The largest absolute Gasteiger partial charge is 0.493 e. The lowest BCUT2D eigenvalue weighted by Crippen LogP contribution is -2.53. The van der Waals surface area contributed by atoms with Gasteiger partial charge in [-0.2, -0.15) is 0 Å². The maximum atomic E-state index is 12.4. The van der Waals surface area contributed by atoms with Crippen LogP contribution in [0.3, 0.4) is 0 Å².